The minimum atomic E-state index is -2.24. The van der Waals surface area contributed by atoms with Crippen LogP contribution in [0.3, 0.4) is 0 Å². The molecule has 0 amide bonds. The largest absolute Gasteiger partial charge is 0 e. The van der Waals surface area contributed by atoms with Crippen molar-refractivity contribution in [2.24, 2.45) is 0 Å². The molecule has 0 rings (SSSR count). The van der Waals surface area contributed by atoms with Crippen LogP contribution >= 0.6 is 17.4 Å². The van der Waals surface area contributed by atoms with E-state index in [-0.39, 0.29) is 40.4 Å². The molecule has 0 unspecified atom stereocenters. The second-order valence-electron chi connectivity index (χ2n) is 0.214. The van der Waals surface area contributed by atoms with Gasteiger partial charge in [0.1, 0.15) is 0 Å². The molecule has 0 bridgehead atoms. The van der Waals surface area contributed by atoms with Crippen molar-refractivity contribution in [3.05, 3.63) is 0 Å². The van der Waals surface area contributed by atoms with E-state index < -0.39 is 29.9 Å². The van der Waals surface area contributed by atoms with Gasteiger partial charge >= 0.3 is 47.3 Å². The molecular weight excluding hydrogens is 401 g/mol. The molecule has 0 aromatic carbocycles. The number of rotatable bonds is 0. The van der Waals surface area contributed by atoms with Crippen LogP contribution in [-0.2, 0) is 0 Å². The van der Waals surface area contributed by atoms with Gasteiger partial charge in [-0.3, -0.25) is 0 Å². The van der Waals surface area contributed by atoms with Gasteiger partial charge in [0.05, 0.1) is 0 Å². The Balaban J connectivity index is 0. The fraction of sp³-hybridized carbons (Fsp3) is 0. The molecule has 0 N–H and O–H groups in total. The Morgan fingerprint density at radius 1 is 1.00 bits per heavy atom. The Hall–Kier alpha value is 3.56. The zero-order valence-corrected chi connectivity index (χ0v) is 10.1. The van der Waals surface area contributed by atoms with Crippen LogP contribution < -0.4 is 0 Å². The van der Waals surface area contributed by atoms with E-state index in [1.165, 1.54) is 0 Å². The standard InChI is InChI=1S/3ClH.Nd.Sm/h3*1H;;/q;;;+3;/p-3. The van der Waals surface area contributed by atoms with E-state index in [0.717, 1.165) is 0 Å². The monoisotopic (exact) mass is 399 g/mol. The van der Waals surface area contributed by atoms with Gasteiger partial charge in [-0.25, -0.2) is 0 Å². The Kier molecular flexibility index (Phi) is 17.2. The Bertz CT molecular complexity index is 11.6. The summed E-state index contributed by atoms with van der Waals surface area (Å²) in [6.07, 6.45) is 0. The second kappa shape index (κ2) is 7.56. The van der Waals surface area contributed by atoms with Crippen molar-refractivity contribution in [1.82, 2.24) is 0 Å². The second-order valence-corrected chi connectivity index (χ2v) is 14.3. The maximum Gasteiger partial charge on any atom is 0 e. The van der Waals surface area contributed by atoms with E-state index in [4.69, 9.17) is 17.4 Å². The van der Waals surface area contributed by atoms with Crippen LogP contribution in [-0.4, -0.2) is 0 Å². The third-order valence-electron chi connectivity index (χ3n) is 0. The summed E-state index contributed by atoms with van der Waals surface area (Å²) < 4.78 is 0. The van der Waals surface area contributed by atoms with E-state index in [1.54, 1.807) is 0 Å². The van der Waals surface area contributed by atoms with Gasteiger partial charge in [0, 0.05) is 40.4 Å². The van der Waals surface area contributed by atoms with Crippen LogP contribution in [0.15, 0.2) is 0 Å². The summed E-state index contributed by atoms with van der Waals surface area (Å²) in [6, 6.07) is 0. The molecule has 0 aromatic heterocycles. The van der Waals surface area contributed by atoms with Gasteiger partial charge in [0.15, 0.2) is 0 Å². The molecule has 0 atom stereocenters. The first kappa shape index (κ1) is 11.4. The summed E-state index contributed by atoms with van der Waals surface area (Å²) in [7, 11) is 0. The summed E-state index contributed by atoms with van der Waals surface area (Å²) in [5, 5.41) is 0. The van der Waals surface area contributed by atoms with Crippen molar-refractivity contribution in [3.8, 4) is 0 Å². The minimum Gasteiger partial charge on any atom is 0 e. The first-order chi connectivity index (χ1) is 1.73. The van der Waals surface area contributed by atoms with Gasteiger partial charge < -0.3 is 0 Å². The third kappa shape index (κ3) is 18.4. The van der Waals surface area contributed by atoms with E-state index in [0.29, 0.717) is 0 Å². The predicted octanol–water partition coefficient (Wildman–Crippen LogP) is 2.07. The maximum atomic E-state index is 5.02. The van der Waals surface area contributed by atoms with Gasteiger partial charge in [0.2, 0.25) is 0 Å². The van der Waals surface area contributed by atoms with Crippen LogP contribution in [0.2, 0.25) is 0 Å². The van der Waals surface area contributed by atoms with Gasteiger partial charge in [0.25, 0.3) is 0 Å². The molecule has 0 aliphatic heterocycles. The van der Waals surface area contributed by atoms with Crippen molar-refractivity contribution in [3.63, 3.8) is 0 Å². The quantitative estimate of drug-likeness (QED) is 0.584. The molecular formula is Cl3NdSm. The predicted molar refractivity (Wildman–Crippen MR) is 17.6 cm³/mol. The van der Waals surface area contributed by atoms with E-state index in [1.807, 2.05) is 0 Å². The third-order valence-corrected chi connectivity index (χ3v) is 0. The average molecular weight is 401 g/mol. The molecule has 0 nitrogen and oxygen atoms in total. The summed E-state index contributed by atoms with van der Waals surface area (Å²) >= 11 is -2.24. The molecule has 0 aliphatic rings. The summed E-state index contributed by atoms with van der Waals surface area (Å²) in [6.45, 7) is 0. The van der Waals surface area contributed by atoms with E-state index in [2.05, 4.69) is 0 Å². The summed E-state index contributed by atoms with van der Waals surface area (Å²) in [4.78, 5) is 0. The Labute approximate surface area is 84.7 Å². The van der Waals surface area contributed by atoms with Gasteiger partial charge in [-0.1, -0.05) is 0 Å². The molecule has 0 radical (unpaired) electrons. The SMILES string of the molecule is [Cl][Nd]([Cl])[Cl].[Sm]. The Morgan fingerprint density at radius 3 is 1.00 bits per heavy atom. The molecule has 5 heavy (non-hydrogen) atoms. The smallest absolute Gasteiger partial charge is 0 e. The fourth-order valence-corrected chi connectivity index (χ4v) is 0. The molecule has 31 valence electrons. The number of hydrogen-bond donors (Lipinski definition) is 0. The Morgan fingerprint density at radius 2 is 1.00 bits per heavy atom. The molecule has 0 spiro atoms. The molecule has 0 heterocycles. The zero-order chi connectivity index (χ0) is 3.58. The molecule has 0 aromatic rings. The molecule has 0 fully saturated rings. The van der Waals surface area contributed by atoms with Crippen LogP contribution in [0.25, 0.3) is 0 Å². The maximum absolute atomic E-state index is 5.02. The minimum absolute atomic E-state index is 0. The molecule has 5 heteroatoms. The van der Waals surface area contributed by atoms with Gasteiger partial charge in [-0.15, -0.1) is 0 Å². The normalized spacial score (nSPS) is 5.40. The summed E-state index contributed by atoms with van der Waals surface area (Å²) in [5.74, 6) is 15.1. The topological polar surface area (TPSA) is 0 Å². The van der Waals surface area contributed by atoms with Gasteiger partial charge in [-0.2, -0.15) is 0 Å². The first-order valence-electron chi connectivity index (χ1n) is 0.567. The fourth-order valence-electron chi connectivity index (χ4n) is 0. The molecule has 0 aliphatic carbocycles. The number of hydrogen-bond acceptors (Lipinski definition) is 0. The van der Waals surface area contributed by atoms with Crippen molar-refractivity contribution >= 4 is 17.4 Å². The van der Waals surface area contributed by atoms with E-state index in [9.17, 15) is 0 Å². The van der Waals surface area contributed by atoms with Crippen LogP contribution in [0.4, 0.5) is 0 Å². The first-order valence-corrected chi connectivity index (χ1v) is 12.6. The summed E-state index contributed by atoms with van der Waals surface area (Å²) in [5.41, 5.74) is 0. The van der Waals surface area contributed by atoms with Crippen molar-refractivity contribution < 1.29 is 70.3 Å². The van der Waals surface area contributed by atoms with Crippen LogP contribution in [0, 0.1) is 70.3 Å². The average Bonchev–Trinajstić information content (AvgIpc) is 0.811. The van der Waals surface area contributed by atoms with Gasteiger partial charge in [-0.05, 0) is 0 Å². The number of halogens is 3. The van der Waals surface area contributed by atoms with Crippen LogP contribution in [0.1, 0.15) is 0 Å². The van der Waals surface area contributed by atoms with Crippen molar-refractivity contribution in [1.29, 1.82) is 0 Å². The van der Waals surface area contributed by atoms with Crippen LogP contribution in [0.5, 0.6) is 0 Å². The van der Waals surface area contributed by atoms with Crippen molar-refractivity contribution in [2.45, 2.75) is 0 Å². The molecule has 0 saturated heterocycles. The zero-order valence-electron chi connectivity index (χ0n) is 2.04. The van der Waals surface area contributed by atoms with E-state index >= 15 is 0 Å². The molecule has 0 saturated carbocycles. The van der Waals surface area contributed by atoms with Crippen molar-refractivity contribution in [2.75, 3.05) is 0 Å².